The van der Waals surface area contributed by atoms with Crippen LogP contribution in [0.25, 0.3) is 0 Å². The molecule has 0 fully saturated rings. The molecule has 32 heavy (non-hydrogen) atoms. The van der Waals surface area contributed by atoms with Gasteiger partial charge in [0.15, 0.2) is 0 Å². The Morgan fingerprint density at radius 3 is 1.88 bits per heavy atom. The zero-order chi connectivity index (χ0) is 24.7. The molecule has 5 nitrogen and oxygen atoms in total. The number of rotatable bonds is 4. The van der Waals surface area contributed by atoms with Crippen LogP contribution in [0.15, 0.2) is 42.5 Å². The maximum absolute atomic E-state index is 14.1. The highest BCUT2D eigenvalue weighted by molar-refractivity contribution is 6.05. The number of nitro groups is 1. The van der Waals surface area contributed by atoms with Gasteiger partial charge in [0.1, 0.15) is 0 Å². The second-order valence-corrected chi connectivity index (χ2v) is 6.17. The summed E-state index contributed by atoms with van der Waals surface area (Å²) in [6.45, 7) is 0. The van der Waals surface area contributed by atoms with Gasteiger partial charge in [-0.05, 0) is 18.2 Å². The number of benzene rings is 2. The highest BCUT2D eigenvalue weighted by Crippen LogP contribution is 2.54. The van der Waals surface area contributed by atoms with Gasteiger partial charge in [-0.3, -0.25) is 14.9 Å². The third-order valence-corrected chi connectivity index (χ3v) is 4.07. The molecule has 1 N–H and O–H groups in total. The predicted molar refractivity (Wildman–Crippen MR) is 87.4 cm³/mol. The monoisotopic (exact) mass is 478 g/mol. The number of carbonyl (C=O) groups excluding carboxylic acids is 1. The molecule has 0 aliphatic rings. The number of nitrogens with one attached hydrogen (secondary N) is 1. The van der Waals surface area contributed by atoms with Gasteiger partial charge in [-0.2, -0.15) is 39.5 Å². The molecule has 0 saturated heterocycles. The van der Waals surface area contributed by atoms with Crippen LogP contribution >= 0.6 is 0 Å². The van der Waals surface area contributed by atoms with Crippen molar-refractivity contribution in [1.82, 2.24) is 0 Å². The van der Waals surface area contributed by atoms with Crippen LogP contribution in [0.4, 0.5) is 55.3 Å². The Bertz CT molecular complexity index is 1030. The summed E-state index contributed by atoms with van der Waals surface area (Å²) in [6, 6.07) is 2.65. The van der Waals surface area contributed by atoms with Crippen LogP contribution in [0.5, 0.6) is 0 Å². The molecular weight excluding hydrogens is 470 g/mol. The van der Waals surface area contributed by atoms with Gasteiger partial charge in [0.05, 0.1) is 16.2 Å². The first-order chi connectivity index (χ1) is 14.4. The lowest BCUT2D eigenvalue weighted by Crippen LogP contribution is -2.50. The Balaban J connectivity index is 2.58. The van der Waals surface area contributed by atoms with E-state index in [0.717, 1.165) is 18.2 Å². The van der Waals surface area contributed by atoms with E-state index < -0.39 is 69.2 Å². The first kappa shape index (κ1) is 24.9. The summed E-state index contributed by atoms with van der Waals surface area (Å²) in [5, 5.41) is 12.3. The predicted octanol–water partition coefficient (Wildman–Crippen LogP) is 6.16. The van der Waals surface area contributed by atoms with E-state index in [1.54, 1.807) is 5.32 Å². The normalized spacial score (nSPS) is 13.1. The van der Waals surface area contributed by atoms with E-state index in [1.807, 2.05) is 0 Å². The smallest absolute Gasteiger partial charge is 0.321 e. The number of amides is 1. The van der Waals surface area contributed by atoms with Crippen LogP contribution in [0.2, 0.25) is 0 Å². The lowest BCUT2D eigenvalue weighted by atomic mass is 9.92. The molecule has 0 saturated carbocycles. The number of anilines is 1. The van der Waals surface area contributed by atoms with Crippen molar-refractivity contribution in [2.45, 2.75) is 24.2 Å². The van der Waals surface area contributed by atoms with Crippen molar-refractivity contribution in [3.05, 3.63) is 69.3 Å². The van der Waals surface area contributed by atoms with E-state index in [9.17, 15) is 58.8 Å². The lowest BCUT2D eigenvalue weighted by molar-refractivity contribution is -0.384. The fraction of sp³-hybridized carbons (Fsp3) is 0.235. The number of carbonyl (C=O) groups is 1. The second-order valence-electron chi connectivity index (χ2n) is 6.17. The molecular formula is C17H8F10N2O3. The Hall–Kier alpha value is -3.39. The quantitative estimate of drug-likeness (QED) is 0.325. The van der Waals surface area contributed by atoms with E-state index in [4.69, 9.17) is 0 Å². The first-order valence-corrected chi connectivity index (χ1v) is 7.99. The van der Waals surface area contributed by atoms with Crippen molar-refractivity contribution in [3.8, 4) is 0 Å². The molecule has 0 unspecified atom stereocenters. The highest BCUT2D eigenvalue weighted by atomic mass is 19.4. The molecule has 0 aromatic heterocycles. The molecule has 2 rings (SSSR count). The molecule has 0 radical (unpaired) electrons. The van der Waals surface area contributed by atoms with Gasteiger partial charge >= 0.3 is 24.2 Å². The summed E-state index contributed by atoms with van der Waals surface area (Å²) in [7, 11) is 0. The molecule has 1 amide bonds. The highest BCUT2D eigenvalue weighted by Gasteiger charge is 2.73. The molecule has 2 aromatic rings. The largest absolute Gasteiger partial charge is 0.435 e. The van der Waals surface area contributed by atoms with E-state index in [1.165, 1.54) is 0 Å². The summed E-state index contributed by atoms with van der Waals surface area (Å²) in [4.78, 5) is 21.9. The first-order valence-electron chi connectivity index (χ1n) is 7.99. The number of nitrogens with zero attached hydrogens (tertiary/aromatic N) is 1. The minimum Gasteiger partial charge on any atom is -0.321 e. The Morgan fingerprint density at radius 2 is 1.41 bits per heavy atom. The molecule has 0 aliphatic carbocycles. The fourth-order valence-corrected chi connectivity index (χ4v) is 2.55. The second kappa shape index (κ2) is 7.94. The molecule has 0 aliphatic heterocycles. The summed E-state index contributed by atoms with van der Waals surface area (Å²) < 4.78 is 131. The minimum absolute atomic E-state index is 0.0131. The number of nitro benzene ring substituents is 1. The zero-order valence-electron chi connectivity index (χ0n) is 15.0. The van der Waals surface area contributed by atoms with Crippen molar-refractivity contribution in [3.63, 3.8) is 0 Å². The molecule has 0 spiro atoms. The number of non-ortho nitro benzene ring substituents is 1. The van der Waals surface area contributed by atoms with Gasteiger partial charge in [-0.15, -0.1) is 0 Å². The average Bonchev–Trinajstić information content (AvgIpc) is 2.65. The van der Waals surface area contributed by atoms with Gasteiger partial charge in [0.2, 0.25) is 0 Å². The lowest BCUT2D eigenvalue weighted by Gasteiger charge is -2.31. The SMILES string of the molecule is O=C(Nc1ccc(C(F)(C(F)(F)F)C(F)(F)F)cc1C(F)(F)F)c1cccc([N+](=O)[O-])c1. The van der Waals surface area contributed by atoms with Gasteiger partial charge in [-0.25, -0.2) is 4.39 Å². The van der Waals surface area contributed by atoms with Gasteiger partial charge in [-0.1, -0.05) is 12.1 Å². The fourth-order valence-electron chi connectivity index (χ4n) is 2.55. The summed E-state index contributed by atoms with van der Waals surface area (Å²) in [5.41, 5.74) is -13.2. The van der Waals surface area contributed by atoms with Gasteiger partial charge in [0.25, 0.3) is 11.6 Å². The topological polar surface area (TPSA) is 72.2 Å². The van der Waals surface area contributed by atoms with E-state index >= 15 is 0 Å². The van der Waals surface area contributed by atoms with Crippen molar-refractivity contribution in [1.29, 1.82) is 0 Å². The van der Waals surface area contributed by atoms with Crippen molar-refractivity contribution < 1.29 is 53.6 Å². The van der Waals surface area contributed by atoms with E-state index in [2.05, 4.69) is 0 Å². The Labute approximate surface area is 170 Å². The molecule has 0 atom stereocenters. The van der Waals surface area contributed by atoms with Crippen LogP contribution in [0.3, 0.4) is 0 Å². The molecule has 0 bridgehead atoms. The van der Waals surface area contributed by atoms with Crippen molar-refractivity contribution in [2.75, 3.05) is 5.32 Å². The number of hydrogen-bond donors (Lipinski definition) is 1. The van der Waals surface area contributed by atoms with Gasteiger partial charge < -0.3 is 5.32 Å². The molecule has 2 aromatic carbocycles. The summed E-state index contributed by atoms with van der Waals surface area (Å²) >= 11 is 0. The third kappa shape index (κ3) is 4.60. The van der Waals surface area contributed by atoms with Gasteiger partial charge in [0, 0.05) is 23.3 Å². The molecule has 0 heterocycles. The maximum atomic E-state index is 14.1. The molecule has 15 heteroatoms. The van der Waals surface area contributed by atoms with E-state index in [0.29, 0.717) is 6.07 Å². The number of halogens is 10. The van der Waals surface area contributed by atoms with Crippen LogP contribution in [-0.4, -0.2) is 23.2 Å². The maximum Gasteiger partial charge on any atom is 0.435 e. The van der Waals surface area contributed by atoms with Crippen LogP contribution in [-0.2, 0) is 11.8 Å². The third-order valence-electron chi connectivity index (χ3n) is 4.07. The van der Waals surface area contributed by atoms with Crippen LogP contribution in [0.1, 0.15) is 21.5 Å². The van der Waals surface area contributed by atoms with E-state index in [-0.39, 0.29) is 12.1 Å². The van der Waals surface area contributed by atoms with Crippen molar-refractivity contribution >= 4 is 17.3 Å². The minimum atomic E-state index is -6.65. The number of alkyl halides is 10. The van der Waals surface area contributed by atoms with Crippen LogP contribution in [0, 0.1) is 10.1 Å². The number of hydrogen-bond acceptors (Lipinski definition) is 3. The summed E-state index contributed by atoms with van der Waals surface area (Å²) in [5.74, 6) is -1.40. The van der Waals surface area contributed by atoms with Crippen LogP contribution < -0.4 is 5.32 Å². The Kier molecular flexibility index (Phi) is 6.18. The summed E-state index contributed by atoms with van der Waals surface area (Å²) in [6.07, 6.45) is -18.9. The average molecular weight is 478 g/mol. The molecule has 174 valence electrons. The standard InChI is InChI=1S/C17H8F10N2O3/c18-14(16(22,23)24,17(25,26)27)9-4-5-12(11(7-9)15(19,20)21)28-13(30)8-2-1-3-10(6-8)29(31)32/h1-7H,(H,28,30). The Morgan fingerprint density at radius 1 is 0.844 bits per heavy atom. The zero-order valence-corrected chi connectivity index (χ0v) is 15.0. The van der Waals surface area contributed by atoms with Crippen molar-refractivity contribution in [2.24, 2.45) is 0 Å².